The van der Waals surface area contributed by atoms with Crippen LogP contribution < -0.4 is 9.80 Å². The van der Waals surface area contributed by atoms with Crippen LogP contribution >= 0.6 is 0 Å². The molecule has 26 heavy (non-hydrogen) atoms. The van der Waals surface area contributed by atoms with Gasteiger partial charge in [-0.25, -0.2) is 4.98 Å². The number of benzene rings is 2. The SMILES string of the molecule is CCN(Cc1ccccc1)c1nc(C)cc(N(C)Cc2ccccc2)n1. The summed E-state index contributed by atoms with van der Waals surface area (Å²) in [4.78, 5) is 13.9. The minimum absolute atomic E-state index is 0.784. The third-order valence-electron chi connectivity index (χ3n) is 4.36. The molecule has 134 valence electrons. The first-order valence-corrected chi connectivity index (χ1v) is 9.05. The highest BCUT2D eigenvalue weighted by atomic mass is 15.3. The first-order valence-electron chi connectivity index (χ1n) is 9.05. The van der Waals surface area contributed by atoms with Gasteiger partial charge in [0.25, 0.3) is 0 Å². The van der Waals surface area contributed by atoms with Gasteiger partial charge in [0.2, 0.25) is 5.95 Å². The molecule has 0 N–H and O–H groups in total. The zero-order chi connectivity index (χ0) is 18.4. The van der Waals surface area contributed by atoms with E-state index in [0.717, 1.165) is 37.1 Å². The van der Waals surface area contributed by atoms with Gasteiger partial charge in [-0.2, -0.15) is 4.98 Å². The molecule has 1 aromatic heterocycles. The molecule has 0 spiro atoms. The summed E-state index contributed by atoms with van der Waals surface area (Å²) in [6.07, 6.45) is 0. The zero-order valence-corrected chi connectivity index (χ0v) is 15.8. The minimum Gasteiger partial charge on any atom is -0.355 e. The molecular formula is C22H26N4. The van der Waals surface area contributed by atoms with Gasteiger partial charge >= 0.3 is 0 Å². The molecule has 0 radical (unpaired) electrons. The van der Waals surface area contributed by atoms with Gasteiger partial charge in [-0.15, -0.1) is 0 Å². The fourth-order valence-corrected chi connectivity index (χ4v) is 2.94. The summed E-state index contributed by atoms with van der Waals surface area (Å²) in [5, 5.41) is 0. The van der Waals surface area contributed by atoms with E-state index in [1.807, 2.05) is 25.1 Å². The molecule has 3 rings (SSSR count). The number of hydrogen-bond acceptors (Lipinski definition) is 4. The van der Waals surface area contributed by atoms with Crippen LogP contribution in [0.3, 0.4) is 0 Å². The van der Waals surface area contributed by atoms with Crippen molar-refractivity contribution in [2.75, 3.05) is 23.4 Å². The van der Waals surface area contributed by atoms with Crippen molar-refractivity contribution >= 4 is 11.8 Å². The molecular weight excluding hydrogens is 320 g/mol. The lowest BCUT2D eigenvalue weighted by molar-refractivity contribution is 0.779. The fourth-order valence-electron chi connectivity index (χ4n) is 2.94. The van der Waals surface area contributed by atoms with Crippen molar-refractivity contribution in [2.45, 2.75) is 26.9 Å². The van der Waals surface area contributed by atoms with Crippen molar-refractivity contribution in [3.8, 4) is 0 Å². The Morgan fingerprint density at radius 3 is 1.96 bits per heavy atom. The summed E-state index contributed by atoms with van der Waals surface area (Å²) in [7, 11) is 2.08. The molecule has 0 aliphatic rings. The van der Waals surface area contributed by atoms with Crippen LogP contribution in [0.25, 0.3) is 0 Å². The Morgan fingerprint density at radius 1 is 0.808 bits per heavy atom. The van der Waals surface area contributed by atoms with Crippen molar-refractivity contribution in [1.82, 2.24) is 9.97 Å². The molecule has 3 aromatic rings. The van der Waals surface area contributed by atoms with Crippen LogP contribution in [0.1, 0.15) is 23.7 Å². The molecule has 0 aliphatic heterocycles. The van der Waals surface area contributed by atoms with E-state index in [1.54, 1.807) is 0 Å². The molecule has 0 unspecified atom stereocenters. The average Bonchev–Trinajstić information content (AvgIpc) is 2.67. The van der Waals surface area contributed by atoms with Crippen LogP contribution in [0.5, 0.6) is 0 Å². The summed E-state index contributed by atoms with van der Waals surface area (Å²) in [6, 6.07) is 23.0. The predicted octanol–water partition coefficient (Wildman–Crippen LogP) is 4.45. The van der Waals surface area contributed by atoms with Crippen molar-refractivity contribution in [3.63, 3.8) is 0 Å². The lowest BCUT2D eigenvalue weighted by atomic mass is 10.2. The highest BCUT2D eigenvalue weighted by Gasteiger charge is 2.13. The van der Waals surface area contributed by atoms with Gasteiger partial charge < -0.3 is 9.80 Å². The van der Waals surface area contributed by atoms with Gasteiger partial charge in [-0.05, 0) is 25.0 Å². The van der Waals surface area contributed by atoms with E-state index in [-0.39, 0.29) is 0 Å². The maximum atomic E-state index is 4.84. The Balaban J connectivity index is 1.81. The topological polar surface area (TPSA) is 32.3 Å². The van der Waals surface area contributed by atoms with Gasteiger partial charge in [0.1, 0.15) is 5.82 Å². The normalized spacial score (nSPS) is 10.6. The van der Waals surface area contributed by atoms with E-state index in [0.29, 0.717) is 0 Å². The molecule has 0 bridgehead atoms. The van der Waals surface area contributed by atoms with Crippen LogP contribution in [0.2, 0.25) is 0 Å². The first kappa shape index (κ1) is 17.9. The second kappa shape index (κ2) is 8.48. The molecule has 0 atom stereocenters. The largest absolute Gasteiger partial charge is 0.355 e. The molecule has 0 saturated carbocycles. The Labute approximate surface area is 156 Å². The summed E-state index contributed by atoms with van der Waals surface area (Å²) in [5.41, 5.74) is 3.51. The van der Waals surface area contributed by atoms with E-state index in [4.69, 9.17) is 4.98 Å². The van der Waals surface area contributed by atoms with Crippen LogP contribution in [-0.4, -0.2) is 23.6 Å². The minimum atomic E-state index is 0.784. The van der Waals surface area contributed by atoms with Crippen LogP contribution in [-0.2, 0) is 13.1 Å². The van der Waals surface area contributed by atoms with Crippen molar-refractivity contribution in [3.05, 3.63) is 83.6 Å². The number of hydrogen-bond donors (Lipinski definition) is 0. The lowest BCUT2D eigenvalue weighted by Crippen LogP contribution is -2.26. The monoisotopic (exact) mass is 346 g/mol. The van der Waals surface area contributed by atoms with E-state index < -0.39 is 0 Å². The van der Waals surface area contributed by atoms with Crippen LogP contribution in [0.15, 0.2) is 66.7 Å². The molecule has 2 aromatic carbocycles. The summed E-state index contributed by atoms with van der Waals surface area (Å²) in [6.45, 7) is 6.66. The third-order valence-corrected chi connectivity index (χ3v) is 4.36. The number of aromatic nitrogens is 2. The van der Waals surface area contributed by atoms with Crippen molar-refractivity contribution < 1.29 is 0 Å². The average molecular weight is 346 g/mol. The van der Waals surface area contributed by atoms with E-state index in [2.05, 4.69) is 77.3 Å². The summed E-state index contributed by atoms with van der Waals surface area (Å²) in [5.74, 6) is 1.73. The van der Waals surface area contributed by atoms with Gasteiger partial charge in [-0.1, -0.05) is 60.7 Å². The first-order chi connectivity index (χ1) is 12.7. The van der Waals surface area contributed by atoms with Gasteiger partial charge in [-0.3, -0.25) is 0 Å². The Bertz CT molecular complexity index is 818. The van der Waals surface area contributed by atoms with Gasteiger partial charge in [0, 0.05) is 38.4 Å². The molecule has 4 heteroatoms. The standard InChI is InChI=1S/C22H26N4/c1-4-26(17-20-13-9-6-10-14-20)22-23-18(2)15-21(24-22)25(3)16-19-11-7-5-8-12-19/h5-15H,4,16-17H2,1-3H3. The van der Waals surface area contributed by atoms with Gasteiger partial charge in [0.15, 0.2) is 0 Å². The van der Waals surface area contributed by atoms with E-state index in [9.17, 15) is 0 Å². The molecule has 4 nitrogen and oxygen atoms in total. The Kier molecular flexibility index (Phi) is 5.84. The fraction of sp³-hybridized carbons (Fsp3) is 0.273. The molecule has 0 fully saturated rings. The summed E-state index contributed by atoms with van der Waals surface area (Å²) < 4.78 is 0. The number of rotatable bonds is 7. The maximum Gasteiger partial charge on any atom is 0.227 e. The zero-order valence-electron chi connectivity index (χ0n) is 15.8. The second-order valence-electron chi connectivity index (χ2n) is 6.51. The third kappa shape index (κ3) is 4.60. The Morgan fingerprint density at radius 2 is 1.38 bits per heavy atom. The maximum absolute atomic E-state index is 4.84. The second-order valence-corrected chi connectivity index (χ2v) is 6.51. The number of nitrogens with zero attached hydrogens (tertiary/aromatic N) is 4. The molecule has 0 amide bonds. The van der Waals surface area contributed by atoms with Crippen LogP contribution in [0, 0.1) is 6.92 Å². The summed E-state index contributed by atoms with van der Waals surface area (Å²) >= 11 is 0. The van der Waals surface area contributed by atoms with E-state index >= 15 is 0 Å². The highest BCUT2D eigenvalue weighted by Crippen LogP contribution is 2.19. The van der Waals surface area contributed by atoms with E-state index in [1.165, 1.54) is 11.1 Å². The predicted molar refractivity (Wildman–Crippen MR) is 108 cm³/mol. The molecule has 1 heterocycles. The Hall–Kier alpha value is -2.88. The smallest absolute Gasteiger partial charge is 0.227 e. The molecule has 0 saturated heterocycles. The number of anilines is 2. The molecule has 0 aliphatic carbocycles. The highest BCUT2D eigenvalue weighted by molar-refractivity contribution is 5.46. The quantitative estimate of drug-likeness (QED) is 0.633. The van der Waals surface area contributed by atoms with Crippen LogP contribution in [0.4, 0.5) is 11.8 Å². The van der Waals surface area contributed by atoms with Gasteiger partial charge in [0.05, 0.1) is 0 Å². The van der Waals surface area contributed by atoms with Crippen molar-refractivity contribution in [1.29, 1.82) is 0 Å². The lowest BCUT2D eigenvalue weighted by Gasteiger charge is -2.24. The number of aryl methyl sites for hydroxylation is 1. The van der Waals surface area contributed by atoms with Crippen molar-refractivity contribution in [2.24, 2.45) is 0 Å².